The maximum Gasteiger partial charge on any atom is 0.261 e. The van der Waals surface area contributed by atoms with E-state index in [1.807, 2.05) is 50.2 Å². The Morgan fingerprint density at radius 1 is 1.26 bits per heavy atom. The zero-order chi connectivity index (χ0) is 16.4. The Morgan fingerprint density at radius 2 is 2.00 bits per heavy atom. The van der Waals surface area contributed by atoms with Gasteiger partial charge in [0.2, 0.25) is 0 Å². The topological polar surface area (TPSA) is 80.0 Å². The maximum atomic E-state index is 12.3. The van der Waals surface area contributed by atoms with E-state index >= 15 is 0 Å². The van der Waals surface area contributed by atoms with Gasteiger partial charge in [-0.2, -0.15) is 0 Å². The second-order valence-electron chi connectivity index (χ2n) is 5.83. The lowest BCUT2D eigenvalue weighted by Crippen LogP contribution is -2.48. The molecule has 0 aliphatic carbocycles. The molecule has 7 heteroatoms. The van der Waals surface area contributed by atoms with E-state index < -0.39 is 5.54 Å². The van der Waals surface area contributed by atoms with Crippen LogP contribution in [-0.4, -0.2) is 23.0 Å². The van der Waals surface area contributed by atoms with Crippen LogP contribution in [0.2, 0.25) is 0 Å². The second kappa shape index (κ2) is 6.27. The van der Waals surface area contributed by atoms with Crippen LogP contribution in [0, 0.1) is 0 Å². The Hall–Kier alpha value is -1.96. The van der Waals surface area contributed by atoms with Gasteiger partial charge in [-0.25, -0.2) is 4.98 Å². The van der Waals surface area contributed by atoms with Crippen molar-refractivity contribution in [1.82, 2.24) is 10.3 Å². The highest BCUT2D eigenvalue weighted by molar-refractivity contribution is 7.29. The first-order chi connectivity index (χ1) is 11.0. The summed E-state index contributed by atoms with van der Waals surface area (Å²) < 4.78 is 1.00. The molecule has 0 fully saturated rings. The van der Waals surface area contributed by atoms with E-state index in [0.29, 0.717) is 11.4 Å². The van der Waals surface area contributed by atoms with Crippen molar-refractivity contribution in [1.29, 1.82) is 0 Å². The fraction of sp³-hybridized carbons (Fsp3) is 0.250. The third kappa shape index (κ3) is 3.69. The number of thiophene rings is 1. The van der Waals surface area contributed by atoms with Crippen LogP contribution in [0.15, 0.2) is 36.4 Å². The van der Waals surface area contributed by atoms with Crippen molar-refractivity contribution in [2.75, 3.05) is 11.9 Å². The van der Waals surface area contributed by atoms with E-state index in [9.17, 15) is 4.79 Å². The van der Waals surface area contributed by atoms with Crippen LogP contribution in [-0.2, 0) is 0 Å². The lowest BCUT2D eigenvalue weighted by molar-refractivity contribution is 0.0920. The lowest BCUT2D eigenvalue weighted by atomic mass is 10.1. The summed E-state index contributed by atoms with van der Waals surface area (Å²) in [7, 11) is 0. The molecule has 4 N–H and O–H groups in total. The maximum absolute atomic E-state index is 12.3. The molecule has 3 rings (SSSR count). The molecule has 2 aromatic heterocycles. The molecule has 0 saturated heterocycles. The van der Waals surface area contributed by atoms with E-state index in [0.717, 1.165) is 20.3 Å². The average Bonchev–Trinajstić information content (AvgIpc) is 3.06. The molecule has 5 nitrogen and oxygen atoms in total. The summed E-state index contributed by atoms with van der Waals surface area (Å²) in [5.74, 6) is -0.104. The van der Waals surface area contributed by atoms with Gasteiger partial charge < -0.3 is 16.4 Å². The fourth-order valence-corrected chi connectivity index (χ4v) is 4.00. The molecule has 3 aromatic rings. The smallest absolute Gasteiger partial charge is 0.261 e. The molecule has 0 spiro atoms. The van der Waals surface area contributed by atoms with Crippen molar-refractivity contribution >= 4 is 48.9 Å². The number of carbonyl (C=O) groups excluding carboxylic acids is 1. The third-order valence-corrected chi connectivity index (χ3v) is 5.38. The van der Waals surface area contributed by atoms with Gasteiger partial charge in [0.25, 0.3) is 5.91 Å². The molecular formula is C16H18N4OS2. The largest absolute Gasteiger partial charge is 0.345 e. The average molecular weight is 346 g/mol. The molecular weight excluding hydrogens is 328 g/mol. The molecule has 2 heterocycles. The number of carbonyl (C=O) groups is 1. The van der Waals surface area contributed by atoms with Crippen LogP contribution >= 0.6 is 22.7 Å². The Labute approximate surface area is 142 Å². The zero-order valence-corrected chi connectivity index (χ0v) is 14.6. The summed E-state index contributed by atoms with van der Waals surface area (Å²) in [6.45, 7) is 4.20. The number of benzene rings is 1. The predicted molar refractivity (Wildman–Crippen MR) is 97.8 cm³/mol. The minimum Gasteiger partial charge on any atom is -0.345 e. The van der Waals surface area contributed by atoms with Crippen molar-refractivity contribution in [3.63, 3.8) is 0 Å². The second-order valence-corrected chi connectivity index (χ2v) is 7.89. The number of rotatable bonds is 5. The van der Waals surface area contributed by atoms with Gasteiger partial charge in [0.1, 0.15) is 4.83 Å². The van der Waals surface area contributed by atoms with Crippen LogP contribution < -0.4 is 16.4 Å². The van der Waals surface area contributed by atoms with Gasteiger partial charge in [0, 0.05) is 17.8 Å². The Kier molecular flexibility index (Phi) is 4.34. The predicted octanol–water partition coefficient (Wildman–Crippen LogP) is 3.57. The van der Waals surface area contributed by atoms with Crippen molar-refractivity contribution in [2.45, 2.75) is 19.4 Å². The van der Waals surface area contributed by atoms with Crippen LogP contribution in [0.5, 0.6) is 0 Å². The van der Waals surface area contributed by atoms with Crippen LogP contribution in [0.3, 0.4) is 0 Å². The number of nitrogens with one attached hydrogen (secondary N) is 2. The van der Waals surface area contributed by atoms with Gasteiger partial charge in [0.05, 0.1) is 9.58 Å². The van der Waals surface area contributed by atoms with Crippen LogP contribution in [0.1, 0.15) is 23.5 Å². The third-order valence-electron chi connectivity index (χ3n) is 3.30. The SMILES string of the molecule is CC(C)(CN)NC(=O)c1cc2sc(Nc3ccccc3)nc2s1. The van der Waals surface area contributed by atoms with E-state index in [2.05, 4.69) is 15.6 Å². The molecule has 0 bridgehead atoms. The number of nitrogens with zero attached hydrogens (tertiary/aromatic N) is 1. The van der Waals surface area contributed by atoms with E-state index in [4.69, 9.17) is 5.73 Å². The summed E-state index contributed by atoms with van der Waals surface area (Å²) in [5, 5.41) is 7.03. The summed E-state index contributed by atoms with van der Waals surface area (Å²) in [5.41, 5.74) is 6.23. The highest BCUT2D eigenvalue weighted by Gasteiger charge is 2.21. The molecule has 0 radical (unpaired) electrons. The number of para-hydroxylation sites is 1. The molecule has 1 amide bonds. The molecule has 0 saturated carbocycles. The van der Waals surface area contributed by atoms with Gasteiger partial charge in [-0.15, -0.1) is 11.3 Å². The Morgan fingerprint density at radius 3 is 2.65 bits per heavy atom. The van der Waals surface area contributed by atoms with E-state index in [-0.39, 0.29) is 5.91 Å². The van der Waals surface area contributed by atoms with Gasteiger partial charge in [-0.1, -0.05) is 29.5 Å². The number of fused-ring (bicyclic) bond motifs is 1. The summed E-state index contributed by atoms with van der Waals surface area (Å²) >= 11 is 2.93. The van der Waals surface area contributed by atoms with Gasteiger partial charge in [0.15, 0.2) is 5.13 Å². The minimum absolute atomic E-state index is 0.104. The molecule has 0 aliphatic heterocycles. The van der Waals surface area contributed by atoms with E-state index in [1.54, 1.807) is 0 Å². The normalized spacial score (nSPS) is 11.6. The van der Waals surface area contributed by atoms with Crippen LogP contribution in [0.4, 0.5) is 10.8 Å². The number of aromatic nitrogens is 1. The summed E-state index contributed by atoms with van der Waals surface area (Å²) in [4.78, 5) is 18.3. The van der Waals surface area contributed by atoms with Gasteiger partial charge >= 0.3 is 0 Å². The van der Waals surface area contributed by atoms with Crippen molar-refractivity contribution in [3.8, 4) is 0 Å². The van der Waals surface area contributed by atoms with Crippen LogP contribution in [0.25, 0.3) is 9.53 Å². The van der Waals surface area contributed by atoms with Gasteiger partial charge in [-0.3, -0.25) is 4.79 Å². The molecule has 0 atom stereocenters. The summed E-state index contributed by atoms with van der Waals surface area (Å²) in [6, 6.07) is 11.8. The van der Waals surface area contributed by atoms with E-state index in [1.165, 1.54) is 22.7 Å². The van der Waals surface area contributed by atoms with Crippen molar-refractivity contribution in [3.05, 3.63) is 41.3 Å². The monoisotopic (exact) mass is 346 g/mol. The number of anilines is 2. The van der Waals surface area contributed by atoms with Gasteiger partial charge in [-0.05, 0) is 32.0 Å². The number of hydrogen-bond acceptors (Lipinski definition) is 6. The highest BCUT2D eigenvalue weighted by Crippen LogP contribution is 2.34. The number of nitrogens with two attached hydrogens (primary N) is 1. The van der Waals surface area contributed by atoms with Crippen molar-refractivity contribution < 1.29 is 4.79 Å². The fourth-order valence-electron chi connectivity index (χ4n) is 1.97. The Bertz CT molecular complexity index is 792. The standard InChI is InChI=1S/C16H18N4OS2/c1-16(2,9-17)20-13(21)11-8-12-14(22-11)19-15(23-12)18-10-6-4-3-5-7-10/h3-8H,9,17H2,1-2H3,(H,18,19)(H,20,21). The molecule has 120 valence electrons. The first-order valence-electron chi connectivity index (χ1n) is 7.22. The number of thiazole rings is 1. The first kappa shape index (κ1) is 15.9. The molecule has 23 heavy (non-hydrogen) atoms. The first-order valence-corrected chi connectivity index (χ1v) is 8.85. The molecule has 1 aromatic carbocycles. The number of hydrogen-bond donors (Lipinski definition) is 3. The van der Waals surface area contributed by atoms with Crippen molar-refractivity contribution in [2.24, 2.45) is 5.73 Å². The number of amides is 1. The highest BCUT2D eigenvalue weighted by atomic mass is 32.1. The minimum atomic E-state index is -0.415. The lowest BCUT2D eigenvalue weighted by Gasteiger charge is -2.23. The Balaban J connectivity index is 1.77. The summed E-state index contributed by atoms with van der Waals surface area (Å²) in [6.07, 6.45) is 0. The zero-order valence-electron chi connectivity index (χ0n) is 12.9. The molecule has 0 aliphatic rings. The molecule has 0 unspecified atom stereocenters. The quantitative estimate of drug-likeness (QED) is 0.660.